The fraction of sp³-hybridized carbons (Fsp3) is 0.500. The molecule has 1 aromatic carbocycles. The van der Waals surface area contributed by atoms with Crippen molar-refractivity contribution in [1.29, 1.82) is 0 Å². The maximum atomic E-state index is 12.8. The van der Waals surface area contributed by atoms with E-state index in [1.807, 2.05) is 30.0 Å². The summed E-state index contributed by atoms with van der Waals surface area (Å²) in [5.74, 6) is 1.16. The van der Waals surface area contributed by atoms with Crippen LogP contribution < -0.4 is 0 Å². The lowest BCUT2D eigenvalue weighted by molar-refractivity contribution is 0.0594. The maximum Gasteiger partial charge on any atom is 0.289 e. The average molecular weight is 379 g/mol. The van der Waals surface area contributed by atoms with Gasteiger partial charge in [-0.2, -0.15) is 0 Å². The minimum atomic E-state index is 0.0130. The van der Waals surface area contributed by atoms with Crippen LogP contribution in [0.25, 0.3) is 11.0 Å². The number of carbonyl (C=O) groups is 1. The molecule has 2 heterocycles. The van der Waals surface area contributed by atoms with E-state index in [1.165, 1.54) is 0 Å². The first kappa shape index (κ1) is 16.5. The molecule has 0 atom stereocenters. The van der Waals surface area contributed by atoms with Crippen LogP contribution in [-0.2, 0) is 0 Å². The summed E-state index contributed by atoms with van der Waals surface area (Å²) < 4.78 is 6.83. The molecule has 5 heteroatoms. The van der Waals surface area contributed by atoms with Gasteiger partial charge in [0.15, 0.2) is 5.76 Å². The molecule has 23 heavy (non-hydrogen) atoms. The van der Waals surface area contributed by atoms with Crippen molar-refractivity contribution < 1.29 is 9.21 Å². The normalized spacial score (nSPS) is 16.5. The van der Waals surface area contributed by atoms with Gasteiger partial charge in [0.25, 0.3) is 5.91 Å². The Bertz CT molecular complexity index is 715. The summed E-state index contributed by atoms with van der Waals surface area (Å²) in [6, 6.07) is 5.85. The molecule has 0 saturated carbocycles. The van der Waals surface area contributed by atoms with Gasteiger partial charge in [0.2, 0.25) is 0 Å². The molecule has 0 N–H and O–H groups in total. The van der Waals surface area contributed by atoms with E-state index >= 15 is 0 Å². The Labute approximate surface area is 145 Å². The molecule has 4 nitrogen and oxygen atoms in total. The zero-order valence-electron chi connectivity index (χ0n) is 13.9. The second-order valence-corrected chi connectivity index (χ2v) is 7.60. The highest BCUT2D eigenvalue weighted by Crippen LogP contribution is 2.29. The molecule has 1 aromatic heterocycles. The van der Waals surface area contributed by atoms with E-state index in [2.05, 4.69) is 34.7 Å². The Kier molecular flexibility index (Phi) is 4.78. The van der Waals surface area contributed by atoms with Crippen LogP contribution in [0.15, 0.2) is 27.1 Å². The number of furan rings is 1. The van der Waals surface area contributed by atoms with Gasteiger partial charge in [0.05, 0.1) is 0 Å². The number of amides is 1. The van der Waals surface area contributed by atoms with Crippen molar-refractivity contribution in [3.8, 4) is 0 Å². The largest absolute Gasteiger partial charge is 0.451 e. The van der Waals surface area contributed by atoms with E-state index in [-0.39, 0.29) is 5.91 Å². The van der Waals surface area contributed by atoms with Crippen LogP contribution in [0.3, 0.4) is 0 Å². The quantitative estimate of drug-likeness (QED) is 0.811. The zero-order valence-corrected chi connectivity index (χ0v) is 15.5. The van der Waals surface area contributed by atoms with Crippen LogP contribution in [0.1, 0.15) is 30.0 Å². The van der Waals surface area contributed by atoms with Crippen molar-refractivity contribution >= 4 is 32.8 Å². The highest BCUT2D eigenvalue weighted by molar-refractivity contribution is 9.10. The van der Waals surface area contributed by atoms with Gasteiger partial charge in [0, 0.05) is 48.1 Å². The second-order valence-electron chi connectivity index (χ2n) is 6.68. The monoisotopic (exact) mass is 378 g/mol. The molecular formula is C18H23BrN2O2. The minimum Gasteiger partial charge on any atom is -0.451 e. The molecule has 1 fully saturated rings. The van der Waals surface area contributed by atoms with Crippen molar-refractivity contribution in [1.82, 2.24) is 9.80 Å². The highest BCUT2D eigenvalue weighted by atomic mass is 79.9. The first-order valence-corrected chi connectivity index (χ1v) is 8.95. The molecule has 124 valence electrons. The standard InChI is InChI=1S/C18H23BrN2O2/c1-12(2)11-20-6-8-21(9-7-20)18(22)17-13(3)15-10-14(19)4-5-16(15)23-17/h4-5,10,12H,6-9,11H2,1-3H3. The predicted molar refractivity (Wildman–Crippen MR) is 95.8 cm³/mol. The number of nitrogens with zero attached hydrogens (tertiary/aromatic N) is 2. The summed E-state index contributed by atoms with van der Waals surface area (Å²) in [5.41, 5.74) is 1.70. The van der Waals surface area contributed by atoms with Gasteiger partial charge < -0.3 is 9.32 Å². The number of hydrogen-bond donors (Lipinski definition) is 0. The summed E-state index contributed by atoms with van der Waals surface area (Å²) >= 11 is 3.47. The number of aryl methyl sites for hydroxylation is 1. The van der Waals surface area contributed by atoms with E-state index in [0.717, 1.165) is 53.7 Å². The summed E-state index contributed by atoms with van der Waals surface area (Å²) in [5, 5.41) is 1.00. The van der Waals surface area contributed by atoms with Crippen LogP contribution in [0.4, 0.5) is 0 Å². The summed E-state index contributed by atoms with van der Waals surface area (Å²) in [7, 11) is 0. The molecule has 2 aromatic rings. The smallest absolute Gasteiger partial charge is 0.289 e. The third kappa shape index (κ3) is 3.45. The van der Waals surface area contributed by atoms with Crippen LogP contribution in [0.5, 0.6) is 0 Å². The average Bonchev–Trinajstić information content (AvgIpc) is 2.84. The number of halogens is 1. The predicted octanol–water partition coefficient (Wildman–Crippen LogP) is 3.92. The number of rotatable bonds is 3. The molecule has 3 rings (SSSR count). The van der Waals surface area contributed by atoms with E-state index in [9.17, 15) is 4.79 Å². The summed E-state index contributed by atoms with van der Waals surface area (Å²) in [6.07, 6.45) is 0. The van der Waals surface area contributed by atoms with Crippen molar-refractivity contribution in [2.75, 3.05) is 32.7 Å². The Morgan fingerprint density at radius 1 is 1.26 bits per heavy atom. The van der Waals surface area contributed by atoms with Gasteiger partial charge in [-0.05, 0) is 31.0 Å². The molecule has 0 aliphatic carbocycles. The first-order valence-electron chi connectivity index (χ1n) is 8.16. The Hall–Kier alpha value is -1.33. The van der Waals surface area contributed by atoms with Crippen LogP contribution in [0, 0.1) is 12.8 Å². The lowest BCUT2D eigenvalue weighted by atomic mass is 10.1. The topological polar surface area (TPSA) is 36.7 Å². The van der Waals surface area contributed by atoms with Crippen molar-refractivity contribution in [2.24, 2.45) is 5.92 Å². The number of carbonyl (C=O) groups excluding carboxylic acids is 1. The van der Waals surface area contributed by atoms with E-state index in [0.29, 0.717) is 11.7 Å². The van der Waals surface area contributed by atoms with Gasteiger partial charge in [-0.3, -0.25) is 9.69 Å². The molecule has 0 radical (unpaired) electrons. The molecular weight excluding hydrogens is 356 g/mol. The highest BCUT2D eigenvalue weighted by Gasteiger charge is 2.26. The minimum absolute atomic E-state index is 0.0130. The number of hydrogen-bond acceptors (Lipinski definition) is 3. The van der Waals surface area contributed by atoms with E-state index in [4.69, 9.17) is 4.42 Å². The molecule has 1 aliphatic heterocycles. The molecule has 1 amide bonds. The third-order valence-electron chi connectivity index (χ3n) is 4.38. The Morgan fingerprint density at radius 3 is 2.61 bits per heavy atom. The van der Waals surface area contributed by atoms with Crippen molar-refractivity contribution in [3.05, 3.63) is 34.0 Å². The van der Waals surface area contributed by atoms with Crippen LogP contribution >= 0.6 is 15.9 Å². The summed E-state index contributed by atoms with van der Waals surface area (Å²) in [4.78, 5) is 17.1. The first-order chi connectivity index (χ1) is 11.0. The lowest BCUT2D eigenvalue weighted by Gasteiger charge is -2.35. The fourth-order valence-corrected chi connectivity index (χ4v) is 3.55. The fourth-order valence-electron chi connectivity index (χ4n) is 3.19. The van der Waals surface area contributed by atoms with Crippen LogP contribution in [0.2, 0.25) is 0 Å². The van der Waals surface area contributed by atoms with Gasteiger partial charge in [-0.25, -0.2) is 0 Å². The van der Waals surface area contributed by atoms with Gasteiger partial charge in [0.1, 0.15) is 5.58 Å². The Morgan fingerprint density at radius 2 is 1.96 bits per heavy atom. The van der Waals surface area contributed by atoms with Gasteiger partial charge in [-0.15, -0.1) is 0 Å². The number of piperazine rings is 1. The third-order valence-corrected chi connectivity index (χ3v) is 4.87. The molecule has 0 bridgehead atoms. The zero-order chi connectivity index (χ0) is 16.6. The second kappa shape index (κ2) is 6.65. The van der Waals surface area contributed by atoms with E-state index < -0.39 is 0 Å². The van der Waals surface area contributed by atoms with E-state index in [1.54, 1.807) is 0 Å². The van der Waals surface area contributed by atoms with Crippen LogP contribution in [-0.4, -0.2) is 48.4 Å². The molecule has 0 unspecified atom stereocenters. The summed E-state index contributed by atoms with van der Waals surface area (Å²) in [6.45, 7) is 10.9. The molecule has 1 aliphatic rings. The van der Waals surface area contributed by atoms with Crippen molar-refractivity contribution in [2.45, 2.75) is 20.8 Å². The lowest BCUT2D eigenvalue weighted by Crippen LogP contribution is -2.49. The molecule has 0 spiro atoms. The number of benzene rings is 1. The Balaban J connectivity index is 1.75. The maximum absolute atomic E-state index is 12.8. The number of fused-ring (bicyclic) bond motifs is 1. The molecule has 1 saturated heterocycles. The van der Waals surface area contributed by atoms with Gasteiger partial charge in [-0.1, -0.05) is 29.8 Å². The van der Waals surface area contributed by atoms with Crippen molar-refractivity contribution in [3.63, 3.8) is 0 Å². The van der Waals surface area contributed by atoms with Gasteiger partial charge >= 0.3 is 0 Å². The SMILES string of the molecule is Cc1c(C(=O)N2CCN(CC(C)C)CC2)oc2ccc(Br)cc12.